The van der Waals surface area contributed by atoms with Crippen molar-refractivity contribution in [2.75, 3.05) is 33.8 Å². The Morgan fingerprint density at radius 2 is 1.90 bits per heavy atom. The van der Waals surface area contributed by atoms with Crippen LogP contribution in [0.4, 0.5) is 0 Å². The molecule has 0 aliphatic carbocycles. The maximum atomic E-state index is 12.9. The maximum absolute atomic E-state index is 12.9. The first-order valence-electron chi connectivity index (χ1n) is 10.5. The minimum absolute atomic E-state index is 0.146. The van der Waals surface area contributed by atoms with E-state index in [0.717, 1.165) is 17.8 Å². The number of hydrogen-bond acceptors (Lipinski definition) is 6. The Labute approximate surface area is 187 Å². The lowest BCUT2D eigenvalue weighted by Gasteiger charge is -2.24. The molecule has 2 heterocycles. The van der Waals surface area contributed by atoms with Crippen molar-refractivity contribution in [2.45, 2.75) is 26.3 Å². The number of rotatable bonds is 9. The number of benzene rings is 1. The van der Waals surface area contributed by atoms with Gasteiger partial charge >= 0.3 is 0 Å². The van der Waals surface area contributed by atoms with E-state index in [1.54, 1.807) is 29.2 Å². The lowest BCUT2D eigenvalue weighted by molar-refractivity contribution is -0.139. The highest BCUT2D eigenvalue weighted by molar-refractivity contribution is 7.10. The third-order valence-electron chi connectivity index (χ3n) is 5.07. The van der Waals surface area contributed by atoms with E-state index >= 15 is 0 Å². The Balaban J connectivity index is 1.93. The van der Waals surface area contributed by atoms with Gasteiger partial charge in [-0.05, 0) is 68.7 Å². The van der Waals surface area contributed by atoms with Crippen molar-refractivity contribution >= 4 is 28.8 Å². The number of carbonyl (C=O) groups is 2. The molecule has 1 aromatic heterocycles. The molecule has 1 saturated heterocycles. The van der Waals surface area contributed by atoms with E-state index < -0.39 is 17.7 Å². The third-order valence-corrected chi connectivity index (χ3v) is 5.99. The van der Waals surface area contributed by atoms with Gasteiger partial charge in [-0.3, -0.25) is 9.59 Å². The van der Waals surface area contributed by atoms with Gasteiger partial charge in [0.2, 0.25) is 0 Å². The number of aliphatic hydroxyl groups is 1. The summed E-state index contributed by atoms with van der Waals surface area (Å²) in [7, 11) is 3.94. The van der Waals surface area contributed by atoms with Crippen LogP contribution in [0.3, 0.4) is 0 Å². The predicted octanol–water partition coefficient (Wildman–Crippen LogP) is 4.16. The number of nitrogens with zero attached hydrogens (tertiary/aromatic N) is 2. The molecule has 0 saturated carbocycles. The number of likely N-dealkylation sites (tertiary alicyclic amines) is 1. The van der Waals surface area contributed by atoms with Crippen LogP contribution in [-0.2, 0) is 9.59 Å². The van der Waals surface area contributed by atoms with Crippen molar-refractivity contribution in [3.05, 3.63) is 57.8 Å². The molecule has 0 radical (unpaired) electrons. The molecule has 1 amide bonds. The highest BCUT2D eigenvalue weighted by Gasteiger charge is 2.46. The van der Waals surface area contributed by atoms with Crippen LogP contribution in [-0.4, -0.2) is 60.4 Å². The maximum Gasteiger partial charge on any atom is 0.295 e. The molecule has 1 aliphatic heterocycles. The van der Waals surface area contributed by atoms with Gasteiger partial charge in [0.25, 0.3) is 11.7 Å². The second-order valence-electron chi connectivity index (χ2n) is 8.39. The van der Waals surface area contributed by atoms with Crippen LogP contribution < -0.4 is 4.74 Å². The van der Waals surface area contributed by atoms with Crippen LogP contribution >= 0.6 is 11.3 Å². The van der Waals surface area contributed by atoms with Crippen molar-refractivity contribution in [1.29, 1.82) is 0 Å². The molecule has 7 heteroatoms. The Hall–Kier alpha value is -2.64. The SMILES string of the molecule is CC(C)COc1ccc(C(O)=C2C(=O)C(=O)N(CCCN(C)C)[C@@H]2c2cccs2)cc1. The van der Waals surface area contributed by atoms with Gasteiger partial charge in [0.1, 0.15) is 11.5 Å². The summed E-state index contributed by atoms with van der Waals surface area (Å²) >= 11 is 1.47. The number of Topliss-reactive ketones (excluding diaryl/α,β-unsaturated/α-hetero) is 1. The van der Waals surface area contributed by atoms with Crippen molar-refractivity contribution in [2.24, 2.45) is 5.92 Å². The normalized spacial score (nSPS) is 18.4. The van der Waals surface area contributed by atoms with Crippen LogP contribution in [0.25, 0.3) is 5.76 Å². The molecule has 31 heavy (non-hydrogen) atoms. The summed E-state index contributed by atoms with van der Waals surface area (Å²) in [6.45, 7) is 5.99. The van der Waals surface area contributed by atoms with Crippen LogP contribution in [0.5, 0.6) is 5.75 Å². The predicted molar refractivity (Wildman–Crippen MR) is 123 cm³/mol. The zero-order valence-corrected chi connectivity index (χ0v) is 19.3. The van der Waals surface area contributed by atoms with E-state index in [0.29, 0.717) is 30.4 Å². The molecule has 0 bridgehead atoms. The van der Waals surface area contributed by atoms with Crippen LogP contribution in [0.2, 0.25) is 0 Å². The molecule has 0 unspecified atom stereocenters. The number of ketones is 1. The summed E-state index contributed by atoms with van der Waals surface area (Å²) in [5, 5.41) is 13.0. The van der Waals surface area contributed by atoms with Crippen molar-refractivity contribution in [3.8, 4) is 5.75 Å². The van der Waals surface area contributed by atoms with Crippen LogP contribution in [0.1, 0.15) is 36.8 Å². The Morgan fingerprint density at radius 1 is 1.19 bits per heavy atom. The van der Waals surface area contributed by atoms with E-state index in [1.165, 1.54) is 11.3 Å². The van der Waals surface area contributed by atoms with Crippen LogP contribution in [0, 0.1) is 5.92 Å². The highest BCUT2D eigenvalue weighted by Crippen LogP contribution is 2.41. The smallest absolute Gasteiger partial charge is 0.295 e. The number of amides is 1. The Bertz CT molecular complexity index is 933. The fraction of sp³-hybridized carbons (Fsp3) is 0.417. The van der Waals surface area contributed by atoms with Gasteiger partial charge in [-0.2, -0.15) is 0 Å². The highest BCUT2D eigenvalue weighted by atomic mass is 32.1. The summed E-state index contributed by atoms with van der Waals surface area (Å²) in [6, 6.07) is 10.2. The minimum Gasteiger partial charge on any atom is -0.507 e. The molecule has 1 aliphatic rings. The first-order chi connectivity index (χ1) is 14.8. The zero-order chi connectivity index (χ0) is 22.5. The number of thiophene rings is 1. The van der Waals surface area contributed by atoms with Gasteiger partial charge in [-0.1, -0.05) is 19.9 Å². The first-order valence-corrected chi connectivity index (χ1v) is 11.4. The Kier molecular flexibility index (Phi) is 7.51. The minimum atomic E-state index is -0.638. The van der Waals surface area contributed by atoms with E-state index in [9.17, 15) is 14.7 Å². The van der Waals surface area contributed by atoms with Gasteiger partial charge in [-0.15, -0.1) is 11.3 Å². The summed E-state index contributed by atoms with van der Waals surface area (Å²) in [4.78, 5) is 30.3. The molecule has 1 N–H and O–H groups in total. The van der Waals surface area contributed by atoms with E-state index in [1.807, 2.05) is 36.5 Å². The van der Waals surface area contributed by atoms with Gasteiger partial charge < -0.3 is 19.6 Å². The second-order valence-corrected chi connectivity index (χ2v) is 9.37. The quantitative estimate of drug-likeness (QED) is 0.359. The molecule has 1 atom stereocenters. The average molecular weight is 443 g/mol. The Morgan fingerprint density at radius 3 is 2.48 bits per heavy atom. The molecule has 6 nitrogen and oxygen atoms in total. The summed E-state index contributed by atoms with van der Waals surface area (Å²) < 4.78 is 5.70. The number of carbonyl (C=O) groups excluding carboxylic acids is 2. The summed E-state index contributed by atoms with van der Waals surface area (Å²) in [5.74, 6) is -0.245. The summed E-state index contributed by atoms with van der Waals surface area (Å²) in [5.41, 5.74) is 0.637. The summed E-state index contributed by atoms with van der Waals surface area (Å²) in [6.07, 6.45) is 0.740. The zero-order valence-electron chi connectivity index (χ0n) is 18.5. The molecule has 1 aromatic carbocycles. The van der Waals surface area contributed by atoms with Crippen LogP contribution in [0.15, 0.2) is 47.4 Å². The number of aliphatic hydroxyl groups excluding tert-OH is 1. The second kappa shape index (κ2) is 10.1. The van der Waals surface area contributed by atoms with Gasteiger partial charge in [0.15, 0.2) is 0 Å². The molecule has 2 aromatic rings. The first kappa shape index (κ1) is 23.0. The van der Waals surface area contributed by atoms with Crippen molar-refractivity contribution in [3.63, 3.8) is 0 Å². The van der Waals surface area contributed by atoms with E-state index in [-0.39, 0.29) is 11.3 Å². The van der Waals surface area contributed by atoms with Gasteiger partial charge in [0, 0.05) is 17.0 Å². The fourth-order valence-corrected chi connectivity index (χ4v) is 4.38. The third kappa shape index (κ3) is 5.35. The van der Waals surface area contributed by atoms with Gasteiger partial charge in [-0.25, -0.2) is 0 Å². The van der Waals surface area contributed by atoms with Crippen molar-refractivity contribution in [1.82, 2.24) is 9.80 Å². The topological polar surface area (TPSA) is 70.1 Å². The van der Waals surface area contributed by atoms with E-state index in [2.05, 4.69) is 13.8 Å². The largest absolute Gasteiger partial charge is 0.507 e. The lowest BCUT2D eigenvalue weighted by Crippen LogP contribution is -2.32. The molecular formula is C24H30N2O4S. The van der Waals surface area contributed by atoms with Crippen molar-refractivity contribution < 1.29 is 19.4 Å². The van der Waals surface area contributed by atoms with E-state index in [4.69, 9.17) is 4.74 Å². The number of ether oxygens (including phenoxy) is 1. The molecule has 166 valence electrons. The van der Waals surface area contributed by atoms with Gasteiger partial charge in [0.05, 0.1) is 18.2 Å². The monoisotopic (exact) mass is 442 g/mol. The fourth-order valence-electron chi connectivity index (χ4n) is 3.54. The standard InChI is InChI=1S/C24H30N2O4S/c1-16(2)15-30-18-10-8-17(9-11-18)22(27)20-21(19-7-5-14-31-19)26(24(29)23(20)28)13-6-12-25(3)4/h5,7-11,14,16,21,27H,6,12-13,15H2,1-4H3/t21-/m1/s1. The number of hydrogen-bond donors (Lipinski definition) is 1. The lowest BCUT2D eigenvalue weighted by atomic mass is 10.00. The molecule has 0 spiro atoms. The molecule has 1 fully saturated rings. The molecular weight excluding hydrogens is 412 g/mol. The molecule has 3 rings (SSSR count). The average Bonchev–Trinajstić information content (AvgIpc) is 3.34.